The Hall–Kier alpha value is -7.52. The van der Waals surface area contributed by atoms with Crippen LogP contribution >= 0.6 is 0 Å². The molecule has 2 fully saturated rings. The highest BCUT2D eigenvalue weighted by atomic mass is 19.4. The number of anilines is 8. The van der Waals surface area contributed by atoms with E-state index in [0.717, 1.165) is 47.0 Å². The van der Waals surface area contributed by atoms with Crippen LogP contribution in [0.1, 0.15) is 22.4 Å². The van der Waals surface area contributed by atoms with E-state index in [1.54, 1.807) is 23.2 Å². The Kier molecular flexibility index (Phi) is 15.2. The lowest BCUT2D eigenvalue weighted by Crippen LogP contribution is -2.37. The highest BCUT2D eigenvalue weighted by Gasteiger charge is 2.30. The summed E-state index contributed by atoms with van der Waals surface area (Å²) in [5.41, 5.74) is 9.69. The molecule has 5 heterocycles. The molecule has 0 unspecified atom stereocenters. The first kappa shape index (κ1) is 45.5. The summed E-state index contributed by atoms with van der Waals surface area (Å²) in [5, 5.41) is 14.5. The molecule has 4 N–H and O–H groups in total. The summed E-state index contributed by atoms with van der Waals surface area (Å²) in [7, 11) is 1.39. The first-order valence-corrected chi connectivity index (χ1v) is 20.2. The van der Waals surface area contributed by atoms with Crippen molar-refractivity contribution in [1.29, 1.82) is 0 Å². The summed E-state index contributed by atoms with van der Waals surface area (Å²) in [5.74, 6) is -0.0862. The highest BCUT2D eigenvalue weighted by Crippen LogP contribution is 2.33. The molecule has 0 saturated carbocycles. The molecule has 0 bridgehead atoms. The van der Waals surface area contributed by atoms with Gasteiger partial charge in [-0.2, -0.15) is 33.3 Å². The molecule has 0 aliphatic carbocycles. The Labute approximate surface area is 370 Å². The van der Waals surface area contributed by atoms with Crippen LogP contribution in [-0.4, -0.2) is 97.1 Å². The van der Waals surface area contributed by atoms with Gasteiger partial charge in [0.25, 0.3) is 0 Å². The van der Waals surface area contributed by atoms with Gasteiger partial charge in [0.1, 0.15) is 5.69 Å². The van der Waals surface area contributed by atoms with Crippen LogP contribution in [0.4, 0.5) is 68.2 Å². The summed E-state index contributed by atoms with van der Waals surface area (Å²) in [4.78, 5) is 24.2. The molecular formula is C44H44F5N13O3. The third kappa shape index (κ3) is 12.8. The summed E-state index contributed by atoms with van der Waals surface area (Å²) < 4.78 is 83.0. The zero-order valence-electron chi connectivity index (χ0n) is 35.2. The molecule has 6 aromatic rings. The number of hydrogen-bond donors (Lipinski definition) is 4. The molecule has 65 heavy (non-hydrogen) atoms. The number of morpholine rings is 2. The lowest BCUT2D eigenvalue weighted by molar-refractivity contribution is -0.137. The van der Waals surface area contributed by atoms with Crippen LogP contribution in [0, 0.1) is 18.6 Å². The van der Waals surface area contributed by atoms with Crippen LogP contribution in [0.5, 0.6) is 5.88 Å². The number of nitrogens with zero attached hydrogens (tertiary/aromatic N) is 9. The Balaban J connectivity index is 0.000000196. The van der Waals surface area contributed by atoms with E-state index in [4.69, 9.17) is 14.2 Å². The van der Waals surface area contributed by atoms with E-state index in [1.165, 1.54) is 25.5 Å². The number of rotatable bonds is 13. The van der Waals surface area contributed by atoms with Gasteiger partial charge in [-0.05, 0) is 72.6 Å². The van der Waals surface area contributed by atoms with Crippen molar-refractivity contribution >= 4 is 58.7 Å². The Morgan fingerprint density at radius 1 is 0.662 bits per heavy atom. The summed E-state index contributed by atoms with van der Waals surface area (Å²) >= 11 is 0. The van der Waals surface area contributed by atoms with Crippen molar-refractivity contribution in [3.63, 3.8) is 0 Å². The molecule has 0 radical (unpaired) electrons. The quantitative estimate of drug-likeness (QED) is 0.0499. The van der Waals surface area contributed by atoms with Crippen LogP contribution < -0.4 is 36.0 Å². The predicted octanol–water partition coefficient (Wildman–Crippen LogP) is 8.01. The number of pyridine rings is 1. The molecule has 3 aromatic carbocycles. The van der Waals surface area contributed by atoms with E-state index < -0.39 is 23.4 Å². The second kappa shape index (κ2) is 21.7. The fraction of sp³-hybridized carbons (Fsp3) is 0.250. The Morgan fingerprint density at radius 2 is 1.25 bits per heavy atom. The van der Waals surface area contributed by atoms with E-state index in [2.05, 4.69) is 62.7 Å². The standard InChI is InChI=1S/C22H21F4N7O2.C22H23FN6O/c1-34-20-18(29-15-4-2-3-14(11-15)22(24,25)26)6-5-16(30-20)12-28-32-21-27-13-17(23)19(31-21)33-7-9-35-10-8-33;1-16-13-19(26-18-5-3-2-4-6-18)8-7-17(16)14-25-28-22-24-15-20(23)21(27-22)29-9-11-30-12-10-29/h2-6,11-13,29H,7-10H2,1H3,(H,27,31,32);2-8,13-15,26H,9-12H2,1H3,(H,24,27,28)/b28-12+;25-14+. The fourth-order valence-electron chi connectivity index (χ4n) is 6.43. The average molecular weight is 898 g/mol. The lowest BCUT2D eigenvalue weighted by Gasteiger charge is -2.27. The molecule has 2 saturated heterocycles. The van der Waals surface area contributed by atoms with Gasteiger partial charge in [-0.3, -0.25) is 0 Å². The number of para-hydroxylation sites is 1. The van der Waals surface area contributed by atoms with Crippen LogP contribution in [0.2, 0.25) is 0 Å². The zero-order chi connectivity index (χ0) is 45.6. The van der Waals surface area contributed by atoms with Crippen molar-refractivity contribution in [2.45, 2.75) is 13.1 Å². The Morgan fingerprint density at radius 3 is 1.83 bits per heavy atom. The van der Waals surface area contributed by atoms with Gasteiger partial charge in [0.05, 0.1) is 69.6 Å². The SMILES string of the molecule is COc1nc(/C=N/Nc2ncc(F)c(N3CCOCC3)n2)ccc1Nc1cccc(C(F)(F)F)c1.Cc1cc(Nc2ccccc2)ccc1/C=N/Nc1ncc(F)c(N2CCOCC2)n1. The number of alkyl halides is 3. The molecule has 0 spiro atoms. The van der Waals surface area contributed by atoms with Gasteiger partial charge in [-0.25, -0.2) is 34.6 Å². The largest absolute Gasteiger partial charge is 0.480 e. The van der Waals surface area contributed by atoms with E-state index in [0.29, 0.717) is 64.0 Å². The van der Waals surface area contributed by atoms with Gasteiger partial charge in [-0.1, -0.05) is 30.3 Å². The molecule has 2 aliphatic rings. The van der Waals surface area contributed by atoms with Gasteiger partial charge in [0, 0.05) is 43.2 Å². The van der Waals surface area contributed by atoms with Crippen molar-refractivity contribution in [2.75, 3.05) is 91.0 Å². The third-order valence-electron chi connectivity index (χ3n) is 9.68. The molecule has 16 nitrogen and oxygen atoms in total. The third-order valence-corrected chi connectivity index (χ3v) is 9.68. The predicted molar refractivity (Wildman–Crippen MR) is 239 cm³/mol. The van der Waals surface area contributed by atoms with E-state index in [9.17, 15) is 22.0 Å². The lowest BCUT2D eigenvalue weighted by atomic mass is 10.1. The first-order valence-electron chi connectivity index (χ1n) is 20.2. The topological polar surface area (TPSA) is 171 Å². The number of ether oxygens (including phenoxy) is 3. The molecule has 0 atom stereocenters. The molecular weight excluding hydrogens is 854 g/mol. The molecule has 2 aliphatic heterocycles. The van der Waals surface area contributed by atoms with Crippen molar-refractivity contribution in [2.24, 2.45) is 10.2 Å². The van der Waals surface area contributed by atoms with Gasteiger partial charge in [0.2, 0.25) is 17.8 Å². The van der Waals surface area contributed by atoms with E-state index >= 15 is 0 Å². The molecule has 3 aromatic heterocycles. The fourth-order valence-corrected chi connectivity index (χ4v) is 6.43. The second-order valence-electron chi connectivity index (χ2n) is 14.2. The minimum atomic E-state index is -4.45. The maximum Gasteiger partial charge on any atom is 0.416 e. The summed E-state index contributed by atoms with van der Waals surface area (Å²) in [6.07, 6.45) is 0.834. The highest BCUT2D eigenvalue weighted by molar-refractivity contribution is 5.83. The average Bonchev–Trinajstić information content (AvgIpc) is 3.32. The van der Waals surface area contributed by atoms with Gasteiger partial charge >= 0.3 is 6.18 Å². The smallest absolute Gasteiger partial charge is 0.416 e. The normalized spacial score (nSPS) is 14.2. The number of hydrazone groups is 2. The van der Waals surface area contributed by atoms with Crippen molar-refractivity contribution < 1.29 is 36.2 Å². The van der Waals surface area contributed by atoms with Gasteiger partial charge < -0.3 is 34.6 Å². The molecule has 338 valence electrons. The van der Waals surface area contributed by atoms with Gasteiger partial charge in [0.15, 0.2) is 23.3 Å². The zero-order valence-corrected chi connectivity index (χ0v) is 35.2. The molecule has 21 heteroatoms. The number of aromatic nitrogens is 5. The van der Waals surface area contributed by atoms with Gasteiger partial charge in [-0.15, -0.1) is 0 Å². The van der Waals surface area contributed by atoms with Crippen LogP contribution in [0.3, 0.4) is 0 Å². The Bertz CT molecular complexity index is 2580. The molecule has 8 rings (SSSR count). The number of aryl methyl sites for hydroxylation is 1. The molecule has 0 amide bonds. The van der Waals surface area contributed by atoms with Crippen molar-refractivity contribution in [3.8, 4) is 5.88 Å². The van der Waals surface area contributed by atoms with Crippen LogP contribution in [0.25, 0.3) is 0 Å². The maximum absolute atomic E-state index is 14.1. The van der Waals surface area contributed by atoms with Crippen LogP contribution in [-0.2, 0) is 15.7 Å². The number of nitrogens with one attached hydrogen (secondary N) is 4. The second-order valence-corrected chi connectivity index (χ2v) is 14.2. The summed E-state index contributed by atoms with van der Waals surface area (Å²) in [6, 6.07) is 24.0. The van der Waals surface area contributed by atoms with Crippen molar-refractivity contribution in [1.82, 2.24) is 24.9 Å². The monoisotopic (exact) mass is 897 g/mol. The van der Waals surface area contributed by atoms with E-state index in [1.807, 2.05) is 54.3 Å². The van der Waals surface area contributed by atoms with Crippen LogP contribution in [0.15, 0.2) is 108 Å². The maximum atomic E-state index is 14.1. The minimum absolute atomic E-state index is 0.0962. The van der Waals surface area contributed by atoms with E-state index in [-0.39, 0.29) is 35.1 Å². The number of halogens is 5. The first-order chi connectivity index (χ1) is 31.5. The minimum Gasteiger partial charge on any atom is -0.480 e. The number of benzene rings is 3. The number of hydrogen-bond acceptors (Lipinski definition) is 16. The van der Waals surface area contributed by atoms with Crippen molar-refractivity contribution in [3.05, 3.63) is 131 Å². The summed E-state index contributed by atoms with van der Waals surface area (Å²) in [6.45, 7) is 6.31. The number of methoxy groups -OCH3 is 1.